The molecule has 0 unspecified atom stereocenters. The minimum Gasteiger partial charge on any atom is -0.356 e. The quantitative estimate of drug-likeness (QED) is 0.676. The zero-order chi connectivity index (χ0) is 17.1. The summed E-state index contributed by atoms with van der Waals surface area (Å²) in [6.45, 7) is 12.4. The molecule has 0 atom stereocenters. The standard InChI is InChI=1S/C23H23N/c1-16(2)20-12-13-22(14-20)21-6-5-7-23(15-21)24-18(4)19-10-8-17(3)9-11-19/h5-13,15,24H,1,4,14H2,2-3H3. The Balaban J connectivity index is 1.73. The number of hydrogen-bond acceptors (Lipinski definition) is 1. The highest BCUT2D eigenvalue weighted by Crippen LogP contribution is 2.32. The highest BCUT2D eigenvalue weighted by molar-refractivity contribution is 5.79. The van der Waals surface area contributed by atoms with Crippen LogP contribution in [-0.4, -0.2) is 0 Å². The Kier molecular flexibility index (Phi) is 4.52. The maximum Gasteiger partial charge on any atom is 0.0390 e. The van der Waals surface area contributed by atoms with Gasteiger partial charge >= 0.3 is 0 Å². The van der Waals surface area contributed by atoms with E-state index in [4.69, 9.17) is 0 Å². The third-order valence-corrected chi connectivity index (χ3v) is 4.34. The van der Waals surface area contributed by atoms with Gasteiger partial charge in [0.25, 0.3) is 0 Å². The van der Waals surface area contributed by atoms with Crippen LogP contribution >= 0.6 is 0 Å². The molecular weight excluding hydrogens is 290 g/mol. The fraction of sp³-hybridized carbons (Fsp3) is 0.130. The van der Waals surface area contributed by atoms with E-state index in [1.54, 1.807) is 0 Å². The topological polar surface area (TPSA) is 12.0 Å². The Hall–Kier alpha value is -2.80. The van der Waals surface area contributed by atoms with Gasteiger partial charge in [0.05, 0.1) is 0 Å². The largest absolute Gasteiger partial charge is 0.356 e. The zero-order valence-electron chi connectivity index (χ0n) is 14.4. The third kappa shape index (κ3) is 3.57. The second-order valence-electron chi connectivity index (χ2n) is 6.39. The predicted octanol–water partition coefficient (Wildman–Crippen LogP) is 6.37. The summed E-state index contributed by atoms with van der Waals surface area (Å²) in [5.74, 6) is 0. The molecule has 2 aromatic carbocycles. The molecule has 0 aromatic heterocycles. The number of benzene rings is 2. The second-order valence-corrected chi connectivity index (χ2v) is 6.39. The van der Waals surface area contributed by atoms with Crippen LogP contribution in [0.25, 0.3) is 11.3 Å². The van der Waals surface area contributed by atoms with E-state index in [0.717, 1.165) is 28.9 Å². The summed E-state index contributed by atoms with van der Waals surface area (Å²) in [6.07, 6.45) is 5.32. The molecule has 1 aliphatic carbocycles. The van der Waals surface area contributed by atoms with Crippen molar-refractivity contribution in [2.24, 2.45) is 0 Å². The number of hydrogen-bond donors (Lipinski definition) is 1. The molecule has 120 valence electrons. The Bertz CT molecular complexity index is 848. The Morgan fingerprint density at radius 2 is 1.75 bits per heavy atom. The van der Waals surface area contributed by atoms with E-state index in [2.05, 4.69) is 93.0 Å². The average molecular weight is 313 g/mol. The molecular formula is C23H23N. The lowest BCUT2D eigenvalue weighted by atomic mass is 10.00. The molecule has 0 heterocycles. The average Bonchev–Trinajstić information content (AvgIpc) is 3.06. The van der Waals surface area contributed by atoms with E-state index in [-0.39, 0.29) is 0 Å². The lowest BCUT2D eigenvalue weighted by molar-refractivity contribution is 1.26. The van der Waals surface area contributed by atoms with Gasteiger partial charge in [-0.1, -0.05) is 72.8 Å². The van der Waals surface area contributed by atoms with Crippen LogP contribution in [0.2, 0.25) is 0 Å². The minimum atomic E-state index is 0.910. The Morgan fingerprint density at radius 3 is 2.42 bits per heavy atom. The molecule has 3 rings (SSSR count). The highest BCUT2D eigenvalue weighted by Gasteiger charge is 2.11. The van der Waals surface area contributed by atoms with Crippen molar-refractivity contribution in [1.82, 2.24) is 0 Å². The van der Waals surface area contributed by atoms with Gasteiger partial charge in [-0.2, -0.15) is 0 Å². The summed E-state index contributed by atoms with van der Waals surface area (Å²) >= 11 is 0. The molecule has 0 aliphatic heterocycles. The summed E-state index contributed by atoms with van der Waals surface area (Å²) in [6, 6.07) is 16.9. The minimum absolute atomic E-state index is 0.910. The van der Waals surface area contributed by atoms with Crippen molar-refractivity contribution in [3.63, 3.8) is 0 Å². The van der Waals surface area contributed by atoms with E-state index in [0.29, 0.717) is 0 Å². The molecule has 0 saturated heterocycles. The molecule has 24 heavy (non-hydrogen) atoms. The predicted molar refractivity (Wildman–Crippen MR) is 106 cm³/mol. The van der Waals surface area contributed by atoms with E-state index in [1.165, 1.54) is 22.3 Å². The third-order valence-electron chi connectivity index (χ3n) is 4.34. The van der Waals surface area contributed by atoms with Crippen LogP contribution in [0.3, 0.4) is 0 Å². The van der Waals surface area contributed by atoms with Crippen molar-refractivity contribution in [3.05, 3.63) is 102 Å². The summed E-state index contributed by atoms with van der Waals surface area (Å²) in [4.78, 5) is 0. The first-order valence-electron chi connectivity index (χ1n) is 8.22. The van der Waals surface area contributed by atoms with Crippen molar-refractivity contribution in [2.45, 2.75) is 20.3 Å². The van der Waals surface area contributed by atoms with Crippen LogP contribution < -0.4 is 5.32 Å². The van der Waals surface area contributed by atoms with Gasteiger partial charge < -0.3 is 5.32 Å². The van der Waals surface area contributed by atoms with Gasteiger partial charge in [0.15, 0.2) is 0 Å². The van der Waals surface area contributed by atoms with Crippen molar-refractivity contribution in [2.75, 3.05) is 5.32 Å². The van der Waals surface area contributed by atoms with Gasteiger partial charge in [0.2, 0.25) is 0 Å². The maximum absolute atomic E-state index is 4.16. The molecule has 1 N–H and O–H groups in total. The molecule has 2 aromatic rings. The van der Waals surface area contributed by atoms with Gasteiger partial charge in [-0.3, -0.25) is 0 Å². The smallest absolute Gasteiger partial charge is 0.0390 e. The fourth-order valence-electron chi connectivity index (χ4n) is 2.81. The molecule has 1 heteroatoms. The van der Waals surface area contributed by atoms with Gasteiger partial charge in [-0.15, -0.1) is 0 Å². The van der Waals surface area contributed by atoms with Crippen LogP contribution in [0.15, 0.2) is 85.0 Å². The van der Waals surface area contributed by atoms with Gasteiger partial charge in [0, 0.05) is 11.4 Å². The van der Waals surface area contributed by atoms with Gasteiger partial charge in [-0.25, -0.2) is 0 Å². The SMILES string of the molecule is C=C(C)C1=CC=C(c2cccc(NC(=C)c3ccc(C)cc3)c2)C1. The molecule has 1 nitrogen and oxygen atoms in total. The number of allylic oxidation sites excluding steroid dienone is 5. The highest BCUT2D eigenvalue weighted by atomic mass is 14.9. The van der Waals surface area contributed by atoms with Gasteiger partial charge in [0.1, 0.15) is 0 Å². The van der Waals surface area contributed by atoms with E-state index < -0.39 is 0 Å². The summed E-state index contributed by atoms with van der Waals surface area (Å²) in [5.41, 5.74) is 9.36. The molecule has 0 spiro atoms. The van der Waals surface area contributed by atoms with Crippen LogP contribution in [0.4, 0.5) is 5.69 Å². The van der Waals surface area contributed by atoms with Crippen molar-refractivity contribution in [3.8, 4) is 0 Å². The molecule has 0 fully saturated rings. The second kappa shape index (κ2) is 6.76. The number of aryl methyl sites for hydroxylation is 1. The molecule has 0 saturated carbocycles. The first-order valence-corrected chi connectivity index (χ1v) is 8.22. The van der Waals surface area contributed by atoms with E-state index in [9.17, 15) is 0 Å². The first-order chi connectivity index (χ1) is 11.5. The normalized spacial score (nSPS) is 13.2. The summed E-state index contributed by atoms with van der Waals surface area (Å²) in [5, 5.41) is 3.42. The van der Waals surface area contributed by atoms with Gasteiger partial charge in [-0.05, 0) is 54.7 Å². The summed E-state index contributed by atoms with van der Waals surface area (Å²) < 4.78 is 0. The maximum atomic E-state index is 4.16. The monoisotopic (exact) mass is 313 g/mol. The van der Waals surface area contributed by atoms with Crippen molar-refractivity contribution < 1.29 is 0 Å². The van der Waals surface area contributed by atoms with Crippen molar-refractivity contribution in [1.29, 1.82) is 0 Å². The first kappa shape index (κ1) is 16.1. The lowest BCUT2D eigenvalue weighted by Crippen LogP contribution is -1.98. The summed E-state index contributed by atoms with van der Waals surface area (Å²) in [7, 11) is 0. The molecule has 0 bridgehead atoms. The Labute approximate surface area is 144 Å². The van der Waals surface area contributed by atoms with Crippen molar-refractivity contribution >= 4 is 17.0 Å². The lowest BCUT2D eigenvalue weighted by Gasteiger charge is -2.12. The van der Waals surface area contributed by atoms with Crippen LogP contribution in [0.5, 0.6) is 0 Å². The zero-order valence-corrected chi connectivity index (χ0v) is 14.4. The molecule has 0 amide bonds. The molecule has 0 radical (unpaired) electrons. The number of nitrogens with one attached hydrogen (secondary N) is 1. The van der Waals surface area contributed by atoms with E-state index in [1.807, 2.05) is 0 Å². The van der Waals surface area contributed by atoms with E-state index >= 15 is 0 Å². The van der Waals surface area contributed by atoms with Crippen LogP contribution in [0.1, 0.15) is 30.0 Å². The van der Waals surface area contributed by atoms with Crippen LogP contribution in [-0.2, 0) is 0 Å². The van der Waals surface area contributed by atoms with Crippen LogP contribution in [0, 0.1) is 6.92 Å². The number of rotatable bonds is 5. The molecule has 1 aliphatic rings. The fourth-order valence-corrected chi connectivity index (χ4v) is 2.81. The Morgan fingerprint density at radius 1 is 1.00 bits per heavy atom. The number of anilines is 1.